The third-order valence-corrected chi connectivity index (χ3v) is 1.26. The molecule has 0 aromatic carbocycles. The van der Waals surface area contributed by atoms with Gasteiger partial charge in [-0.25, -0.2) is 14.8 Å². The molecule has 0 saturated heterocycles. The van der Waals surface area contributed by atoms with E-state index in [2.05, 4.69) is 9.97 Å². The van der Waals surface area contributed by atoms with Gasteiger partial charge in [-0.3, -0.25) is 0 Å². The lowest BCUT2D eigenvalue weighted by molar-refractivity contribution is -0.131. The monoisotopic (exact) mass is 180 g/mol. The van der Waals surface area contributed by atoms with E-state index in [0.29, 0.717) is 11.6 Å². The van der Waals surface area contributed by atoms with Crippen molar-refractivity contribution in [1.29, 1.82) is 0 Å². The zero-order valence-corrected chi connectivity index (χ0v) is 6.97. The smallest absolute Gasteiger partial charge is 0.328 e. The molecule has 68 valence electrons. The topological polar surface area (TPSA) is 72.3 Å². The fourth-order valence-corrected chi connectivity index (χ4v) is 0.663. The molecule has 1 rings (SSSR count). The van der Waals surface area contributed by atoms with Crippen LogP contribution in [0.4, 0.5) is 0 Å². The molecule has 0 fully saturated rings. The van der Waals surface area contributed by atoms with E-state index >= 15 is 0 Å². The van der Waals surface area contributed by atoms with Gasteiger partial charge in [-0.15, -0.1) is 0 Å². The van der Waals surface area contributed by atoms with Crippen LogP contribution in [0.1, 0.15) is 5.82 Å². The number of methoxy groups -OCH3 is 1. The second-order valence-electron chi connectivity index (χ2n) is 2.15. The Bertz CT molecular complexity index is 319. The van der Waals surface area contributed by atoms with Crippen molar-refractivity contribution in [2.24, 2.45) is 0 Å². The van der Waals surface area contributed by atoms with Gasteiger partial charge < -0.3 is 9.84 Å². The molecule has 0 aliphatic rings. The molecule has 0 spiro atoms. The zero-order valence-electron chi connectivity index (χ0n) is 6.97. The molecule has 5 heteroatoms. The summed E-state index contributed by atoms with van der Waals surface area (Å²) in [5.41, 5.74) is 0. The Morgan fingerprint density at radius 2 is 2.15 bits per heavy atom. The molecular weight excluding hydrogens is 172 g/mol. The molecule has 0 atom stereocenters. The van der Waals surface area contributed by atoms with Crippen LogP contribution in [0.5, 0.6) is 5.75 Å². The van der Waals surface area contributed by atoms with E-state index in [9.17, 15) is 4.79 Å². The third kappa shape index (κ3) is 2.90. The summed E-state index contributed by atoms with van der Waals surface area (Å²) in [4.78, 5) is 17.8. The van der Waals surface area contributed by atoms with Crippen molar-refractivity contribution in [3.8, 4) is 5.75 Å². The van der Waals surface area contributed by atoms with Gasteiger partial charge in [0.05, 0.1) is 19.5 Å². The molecule has 1 heterocycles. The van der Waals surface area contributed by atoms with Crippen LogP contribution in [0, 0.1) is 0 Å². The lowest BCUT2D eigenvalue weighted by Gasteiger charge is -1.96. The lowest BCUT2D eigenvalue weighted by Crippen LogP contribution is -1.91. The number of carboxylic acids is 1. The Labute approximate surface area is 74.7 Å². The first-order chi connectivity index (χ1) is 6.22. The van der Waals surface area contributed by atoms with E-state index in [-0.39, 0.29) is 0 Å². The van der Waals surface area contributed by atoms with Crippen molar-refractivity contribution in [1.82, 2.24) is 9.97 Å². The highest BCUT2D eigenvalue weighted by molar-refractivity contribution is 5.84. The van der Waals surface area contributed by atoms with Gasteiger partial charge in [0.2, 0.25) is 0 Å². The summed E-state index contributed by atoms with van der Waals surface area (Å²) in [6.07, 6.45) is 5.21. The van der Waals surface area contributed by atoms with Crippen molar-refractivity contribution in [2.75, 3.05) is 7.11 Å². The molecule has 0 unspecified atom stereocenters. The molecule has 0 aliphatic carbocycles. The van der Waals surface area contributed by atoms with Crippen molar-refractivity contribution in [3.05, 3.63) is 24.3 Å². The molecular formula is C8H8N2O3. The Balaban J connectivity index is 2.75. The molecule has 0 bridgehead atoms. The average Bonchev–Trinajstić information content (AvgIpc) is 2.15. The van der Waals surface area contributed by atoms with E-state index < -0.39 is 5.97 Å². The summed E-state index contributed by atoms with van der Waals surface area (Å²) >= 11 is 0. The molecule has 0 radical (unpaired) electrons. The second-order valence-corrected chi connectivity index (χ2v) is 2.15. The molecule has 0 saturated carbocycles. The zero-order chi connectivity index (χ0) is 9.68. The normalized spacial score (nSPS) is 10.2. The first-order valence-corrected chi connectivity index (χ1v) is 3.49. The summed E-state index contributed by atoms with van der Waals surface area (Å²) < 4.78 is 4.83. The van der Waals surface area contributed by atoms with Crippen LogP contribution in [-0.2, 0) is 4.79 Å². The Morgan fingerprint density at radius 3 is 2.62 bits per heavy atom. The second kappa shape index (κ2) is 4.20. The summed E-state index contributed by atoms with van der Waals surface area (Å²) in [6.45, 7) is 0. The summed E-state index contributed by atoms with van der Waals surface area (Å²) in [7, 11) is 1.51. The molecule has 1 aromatic rings. The molecule has 5 nitrogen and oxygen atoms in total. The number of aromatic nitrogens is 2. The van der Waals surface area contributed by atoms with Crippen LogP contribution < -0.4 is 4.74 Å². The number of carbonyl (C=O) groups is 1. The number of carboxylic acid groups (broad SMARTS) is 1. The summed E-state index contributed by atoms with van der Waals surface area (Å²) in [5, 5.41) is 8.31. The standard InChI is InChI=1S/C8H8N2O3/c1-13-6-4-9-7(10-5-6)2-3-8(11)12/h2-5H,1H3,(H,11,12)/b3-2+. The molecule has 0 amide bonds. The first kappa shape index (κ1) is 9.18. The van der Waals surface area contributed by atoms with Gasteiger partial charge in [0.25, 0.3) is 0 Å². The minimum atomic E-state index is -1.03. The third-order valence-electron chi connectivity index (χ3n) is 1.26. The molecule has 13 heavy (non-hydrogen) atoms. The molecule has 1 N–H and O–H groups in total. The van der Waals surface area contributed by atoms with E-state index in [1.54, 1.807) is 0 Å². The summed E-state index contributed by atoms with van der Waals surface area (Å²) in [5.74, 6) is -0.157. The van der Waals surface area contributed by atoms with E-state index in [0.717, 1.165) is 6.08 Å². The number of rotatable bonds is 3. The van der Waals surface area contributed by atoms with Gasteiger partial charge in [0.15, 0.2) is 11.6 Å². The fraction of sp³-hybridized carbons (Fsp3) is 0.125. The largest absolute Gasteiger partial charge is 0.494 e. The van der Waals surface area contributed by atoms with Crippen LogP contribution >= 0.6 is 0 Å². The number of nitrogens with zero attached hydrogens (tertiary/aromatic N) is 2. The van der Waals surface area contributed by atoms with Crippen LogP contribution in [0.3, 0.4) is 0 Å². The lowest BCUT2D eigenvalue weighted by atomic mass is 10.4. The molecule has 1 aromatic heterocycles. The van der Waals surface area contributed by atoms with E-state index in [4.69, 9.17) is 9.84 Å². The number of hydrogen-bond donors (Lipinski definition) is 1. The first-order valence-electron chi connectivity index (χ1n) is 3.49. The molecule has 0 aliphatic heterocycles. The maximum atomic E-state index is 10.1. The summed E-state index contributed by atoms with van der Waals surface area (Å²) in [6, 6.07) is 0. The minimum Gasteiger partial charge on any atom is -0.494 e. The Hall–Kier alpha value is -1.91. The fourth-order valence-electron chi connectivity index (χ4n) is 0.663. The van der Waals surface area contributed by atoms with Crippen molar-refractivity contribution >= 4 is 12.0 Å². The van der Waals surface area contributed by atoms with E-state index in [1.807, 2.05) is 0 Å². The SMILES string of the molecule is COc1cnc(/C=C/C(=O)O)nc1. The van der Waals surface area contributed by atoms with Crippen LogP contribution in [0.25, 0.3) is 6.08 Å². The van der Waals surface area contributed by atoms with E-state index in [1.165, 1.54) is 25.6 Å². The van der Waals surface area contributed by atoms with Gasteiger partial charge in [0.1, 0.15) is 0 Å². The van der Waals surface area contributed by atoms with Gasteiger partial charge >= 0.3 is 5.97 Å². The van der Waals surface area contributed by atoms with Crippen LogP contribution in [0.2, 0.25) is 0 Å². The minimum absolute atomic E-state index is 0.336. The van der Waals surface area contributed by atoms with Crippen LogP contribution in [-0.4, -0.2) is 28.2 Å². The van der Waals surface area contributed by atoms with Gasteiger partial charge in [-0.1, -0.05) is 0 Å². The highest BCUT2D eigenvalue weighted by Crippen LogP contribution is 2.04. The van der Waals surface area contributed by atoms with Gasteiger partial charge in [-0.2, -0.15) is 0 Å². The van der Waals surface area contributed by atoms with Crippen molar-refractivity contribution in [3.63, 3.8) is 0 Å². The maximum absolute atomic E-state index is 10.1. The Kier molecular flexibility index (Phi) is 2.97. The predicted octanol–water partition coefficient (Wildman–Crippen LogP) is 0.583. The highest BCUT2D eigenvalue weighted by Gasteiger charge is 1.93. The van der Waals surface area contributed by atoms with Crippen molar-refractivity contribution < 1.29 is 14.6 Å². The Morgan fingerprint density at radius 1 is 1.54 bits per heavy atom. The van der Waals surface area contributed by atoms with Gasteiger partial charge in [-0.05, 0) is 6.08 Å². The highest BCUT2D eigenvalue weighted by atomic mass is 16.5. The number of ether oxygens (including phenoxy) is 1. The van der Waals surface area contributed by atoms with Crippen LogP contribution in [0.15, 0.2) is 18.5 Å². The quantitative estimate of drug-likeness (QED) is 0.689. The van der Waals surface area contributed by atoms with Crippen molar-refractivity contribution in [2.45, 2.75) is 0 Å². The predicted molar refractivity (Wildman–Crippen MR) is 45.3 cm³/mol. The number of hydrogen-bond acceptors (Lipinski definition) is 4. The maximum Gasteiger partial charge on any atom is 0.328 e. The van der Waals surface area contributed by atoms with Gasteiger partial charge in [0, 0.05) is 6.08 Å². The average molecular weight is 180 g/mol. The number of aliphatic carboxylic acids is 1.